The number of likely N-dealkylation sites (tertiary alicyclic amines) is 2. The molecule has 21 heteroatoms. The number of anilines is 7. The smallest absolute Gasteiger partial charge is 0.255 e. The van der Waals surface area contributed by atoms with Crippen LogP contribution in [-0.4, -0.2) is 76.5 Å². The van der Waals surface area contributed by atoms with Crippen molar-refractivity contribution >= 4 is 84.5 Å². The van der Waals surface area contributed by atoms with Gasteiger partial charge in [-0.2, -0.15) is 0 Å². The Morgan fingerprint density at radius 2 is 1.28 bits per heavy atom. The number of carbonyl (C=O) groups excluding carboxylic acids is 2. The standard InChI is InChI=1S/C58H51F4N13O2S2/c1-2-35-21-39(24-43(62)53(35)70-55(76)36-9-11-45(41(60)22-36)68-57-66-27-49(78-57)47-25-65-52-20-33(14-19-74(47)52)29-72-16-3-4-17-72)38-15-18-73(32-38)30-34-8-13-51-64-26-48(75(51)31-34)50-28-67-58(79-50)69-46-12-10-37(23-42(46)61)56(77)71-54-40(59)6-5-7-44(54)63/h5-14,19-28,31,38H,2-4,15-18,29-30,32,63H2,1H3,(H,66,68)(H,67,69)(H,70,76)(H,71,77). The molecule has 0 radical (unpaired) electrons. The summed E-state index contributed by atoms with van der Waals surface area (Å²) in [6.07, 6.45) is 14.8. The van der Waals surface area contributed by atoms with Crippen LogP contribution in [0.1, 0.15) is 75.1 Å². The van der Waals surface area contributed by atoms with Crippen LogP contribution in [0.5, 0.6) is 0 Å². The van der Waals surface area contributed by atoms with Gasteiger partial charge in [0.15, 0.2) is 10.3 Å². The number of imidazole rings is 2. The molecule has 0 saturated carbocycles. The molecule has 2 aliphatic heterocycles. The highest BCUT2D eigenvalue weighted by Crippen LogP contribution is 2.37. The number of pyridine rings is 2. The van der Waals surface area contributed by atoms with Crippen LogP contribution in [0.15, 0.2) is 128 Å². The second-order valence-corrected chi connectivity index (χ2v) is 21.8. The molecule has 400 valence electrons. The van der Waals surface area contributed by atoms with Gasteiger partial charge >= 0.3 is 0 Å². The van der Waals surface area contributed by atoms with Gasteiger partial charge in [0, 0.05) is 55.5 Å². The predicted octanol–water partition coefficient (Wildman–Crippen LogP) is 12.5. The number of aromatic nitrogens is 6. The molecule has 0 spiro atoms. The van der Waals surface area contributed by atoms with E-state index in [2.05, 4.69) is 63.1 Å². The monoisotopic (exact) mass is 1100 g/mol. The van der Waals surface area contributed by atoms with E-state index >= 15 is 13.2 Å². The van der Waals surface area contributed by atoms with Crippen molar-refractivity contribution in [3.05, 3.63) is 185 Å². The minimum absolute atomic E-state index is 0.0223. The summed E-state index contributed by atoms with van der Waals surface area (Å²) in [5.41, 5.74) is 13.0. The molecule has 0 aliphatic carbocycles. The van der Waals surface area contributed by atoms with Crippen molar-refractivity contribution in [3.8, 4) is 21.1 Å². The van der Waals surface area contributed by atoms with Crippen molar-refractivity contribution in [1.29, 1.82) is 0 Å². The first-order valence-corrected chi connectivity index (χ1v) is 27.4. The van der Waals surface area contributed by atoms with Crippen LogP contribution in [0, 0.1) is 23.3 Å². The number of para-hydroxylation sites is 1. The Balaban J connectivity index is 0.658. The van der Waals surface area contributed by atoms with Crippen LogP contribution in [0.25, 0.3) is 32.4 Å². The van der Waals surface area contributed by atoms with Gasteiger partial charge in [-0.1, -0.05) is 47.8 Å². The number of benzene rings is 4. The third-order valence-electron chi connectivity index (χ3n) is 14.5. The van der Waals surface area contributed by atoms with E-state index in [4.69, 9.17) is 5.73 Å². The molecule has 1 atom stereocenters. The number of nitrogens with two attached hydrogens (primary N) is 1. The summed E-state index contributed by atoms with van der Waals surface area (Å²) < 4.78 is 65.3. The summed E-state index contributed by atoms with van der Waals surface area (Å²) in [6.45, 7) is 7.16. The van der Waals surface area contributed by atoms with Crippen molar-refractivity contribution in [3.63, 3.8) is 0 Å². The molecule has 2 saturated heterocycles. The summed E-state index contributed by atoms with van der Waals surface area (Å²) in [4.78, 5) is 51.0. The summed E-state index contributed by atoms with van der Waals surface area (Å²) in [5, 5.41) is 12.1. The van der Waals surface area contributed by atoms with E-state index < -0.39 is 35.1 Å². The first kappa shape index (κ1) is 51.3. The quantitative estimate of drug-likeness (QED) is 0.0460. The Bertz CT molecular complexity index is 3940. The topological polar surface area (TPSA) is 175 Å². The van der Waals surface area contributed by atoms with Crippen LogP contribution in [0.2, 0.25) is 0 Å². The second-order valence-electron chi connectivity index (χ2n) is 19.7. The van der Waals surface area contributed by atoms with Gasteiger partial charge in [-0.05, 0) is 146 Å². The average Bonchev–Trinajstić information content (AvgIpc) is 4.35. The molecule has 0 bridgehead atoms. The largest absolute Gasteiger partial charge is 0.397 e. The molecule has 10 aromatic rings. The van der Waals surface area contributed by atoms with Gasteiger partial charge in [-0.15, -0.1) is 0 Å². The predicted molar refractivity (Wildman–Crippen MR) is 302 cm³/mol. The lowest BCUT2D eigenvalue weighted by atomic mass is 9.94. The van der Waals surface area contributed by atoms with E-state index in [-0.39, 0.29) is 45.5 Å². The number of nitrogens with zero attached hydrogens (tertiary/aromatic N) is 8. The normalized spacial score (nSPS) is 14.9. The maximum Gasteiger partial charge on any atom is 0.255 e. The third kappa shape index (κ3) is 10.8. The van der Waals surface area contributed by atoms with Gasteiger partial charge in [0.1, 0.15) is 40.3 Å². The minimum Gasteiger partial charge on any atom is -0.397 e. The Labute approximate surface area is 458 Å². The number of hydrogen-bond acceptors (Lipinski definition) is 13. The van der Waals surface area contributed by atoms with Gasteiger partial charge in [0.05, 0.1) is 56.3 Å². The first-order chi connectivity index (χ1) is 38.4. The van der Waals surface area contributed by atoms with E-state index in [1.165, 1.54) is 89.6 Å². The molecule has 1 unspecified atom stereocenters. The molecule has 8 heterocycles. The number of amides is 2. The van der Waals surface area contributed by atoms with Crippen LogP contribution >= 0.6 is 22.7 Å². The summed E-state index contributed by atoms with van der Waals surface area (Å²) in [6, 6.07) is 23.7. The van der Waals surface area contributed by atoms with Gasteiger partial charge < -0.3 is 27.0 Å². The third-order valence-corrected chi connectivity index (χ3v) is 16.3. The number of thiazole rings is 2. The van der Waals surface area contributed by atoms with Crippen molar-refractivity contribution in [2.45, 2.75) is 51.6 Å². The van der Waals surface area contributed by atoms with Gasteiger partial charge in [-0.25, -0.2) is 37.5 Å². The molecule has 2 fully saturated rings. The van der Waals surface area contributed by atoms with Crippen molar-refractivity contribution < 1.29 is 27.2 Å². The highest BCUT2D eigenvalue weighted by molar-refractivity contribution is 7.19. The van der Waals surface area contributed by atoms with E-state index in [1.807, 2.05) is 52.5 Å². The van der Waals surface area contributed by atoms with Crippen LogP contribution in [0.3, 0.4) is 0 Å². The van der Waals surface area contributed by atoms with Crippen molar-refractivity contribution in [1.82, 2.24) is 38.5 Å². The van der Waals surface area contributed by atoms with Gasteiger partial charge in [0.25, 0.3) is 11.8 Å². The molecule has 12 rings (SSSR count). The van der Waals surface area contributed by atoms with E-state index in [0.29, 0.717) is 35.3 Å². The number of carbonyl (C=O) groups is 2. The SMILES string of the molecule is CCc1cc(C2CCN(Cc3ccc4ncc(-c5cnc(Nc6ccc(C(=O)Nc7c(N)cccc7F)cc6F)s5)n4c3)C2)cc(F)c1NC(=O)c1ccc(Nc2ncc(-c3cnc4cc(CN5CCCC5)ccn34)s2)c(F)c1. The fourth-order valence-electron chi connectivity index (χ4n) is 10.3. The van der Waals surface area contributed by atoms with Gasteiger partial charge in [0.2, 0.25) is 0 Å². The Morgan fingerprint density at radius 1 is 0.633 bits per heavy atom. The number of hydrogen-bond donors (Lipinski definition) is 5. The Hall–Kier alpha value is -8.50. The summed E-state index contributed by atoms with van der Waals surface area (Å²) in [5.74, 6) is -3.91. The fourth-order valence-corrected chi connectivity index (χ4v) is 12.0. The number of fused-ring (bicyclic) bond motifs is 2. The van der Waals surface area contributed by atoms with Gasteiger partial charge in [-0.3, -0.25) is 28.2 Å². The van der Waals surface area contributed by atoms with Crippen LogP contribution in [-0.2, 0) is 19.5 Å². The molecule has 2 aliphatic rings. The highest BCUT2D eigenvalue weighted by Gasteiger charge is 2.27. The molecule has 4 aromatic carbocycles. The lowest BCUT2D eigenvalue weighted by Crippen LogP contribution is -2.20. The first-order valence-electron chi connectivity index (χ1n) is 25.8. The number of nitrogens with one attached hydrogen (secondary N) is 4. The van der Waals surface area contributed by atoms with E-state index in [0.717, 1.165) is 88.3 Å². The second kappa shape index (κ2) is 21.7. The lowest BCUT2D eigenvalue weighted by molar-refractivity contribution is 0.101. The average molecular weight is 1100 g/mol. The maximum absolute atomic E-state index is 16.1. The Kier molecular flexibility index (Phi) is 14.1. The molecular weight excluding hydrogens is 1050 g/mol. The molecule has 6 N–H and O–H groups in total. The number of aryl methyl sites for hydroxylation is 1. The van der Waals surface area contributed by atoms with E-state index in [9.17, 15) is 14.0 Å². The summed E-state index contributed by atoms with van der Waals surface area (Å²) >= 11 is 2.66. The minimum atomic E-state index is -0.718. The zero-order valence-electron chi connectivity index (χ0n) is 42.6. The van der Waals surface area contributed by atoms with Crippen LogP contribution < -0.4 is 27.0 Å². The van der Waals surface area contributed by atoms with Crippen molar-refractivity contribution in [2.75, 3.05) is 53.2 Å². The summed E-state index contributed by atoms with van der Waals surface area (Å²) in [7, 11) is 0. The number of halogens is 4. The Morgan fingerprint density at radius 3 is 1.94 bits per heavy atom. The lowest BCUT2D eigenvalue weighted by Gasteiger charge is -2.19. The fraction of sp³-hybridized carbons (Fsp3) is 0.207. The molecule has 15 nitrogen and oxygen atoms in total. The molecular formula is C58H51F4N13O2S2. The molecule has 79 heavy (non-hydrogen) atoms. The number of rotatable bonds is 16. The van der Waals surface area contributed by atoms with Crippen LogP contribution in [0.4, 0.5) is 56.3 Å². The molecule has 2 amide bonds. The zero-order valence-corrected chi connectivity index (χ0v) is 44.2. The zero-order chi connectivity index (χ0) is 54.3. The molecule has 6 aromatic heterocycles. The highest BCUT2D eigenvalue weighted by atomic mass is 32.1. The number of nitrogen functional groups attached to an aromatic ring is 1. The van der Waals surface area contributed by atoms with Crippen molar-refractivity contribution in [2.24, 2.45) is 0 Å². The maximum atomic E-state index is 16.1. The van der Waals surface area contributed by atoms with E-state index in [1.54, 1.807) is 18.6 Å².